The lowest BCUT2D eigenvalue weighted by atomic mass is 10.3. The fourth-order valence-corrected chi connectivity index (χ4v) is 2.57. The maximum Gasteiger partial charge on any atom is 0.359 e. The number of aromatic nitrogens is 4. The minimum Gasteiger partial charge on any atom is -0.461 e. The summed E-state index contributed by atoms with van der Waals surface area (Å²) < 4.78 is 7.45. The summed E-state index contributed by atoms with van der Waals surface area (Å²) >= 11 is 9.29. The van der Waals surface area contributed by atoms with E-state index in [1.807, 2.05) is 24.3 Å². The van der Waals surface area contributed by atoms with E-state index in [4.69, 9.17) is 16.3 Å². The molecule has 0 bridgehead atoms. The van der Waals surface area contributed by atoms with Crippen LogP contribution in [-0.2, 0) is 4.74 Å². The maximum absolute atomic E-state index is 12.1. The van der Waals surface area contributed by atoms with Gasteiger partial charge in [0.25, 0.3) is 0 Å². The van der Waals surface area contributed by atoms with Crippen molar-refractivity contribution in [3.63, 3.8) is 0 Å². The van der Waals surface area contributed by atoms with Crippen LogP contribution in [0.3, 0.4) is 0 Å². The quantitative estimate of drug-likeness (QED) is 0.650. The van der Waals surface area contributed by atoms with Crippen molar-refractivity contribution in [1.29, 1.82) is 0 Å². The predicted molar refractivity (Wildman–Crippen MR) is 85.3 cm³/mol. The first kappa shape index (κ1) is 14.9. The average Bonchev–Trinajstić information content (AvgIpc) is 2.86. The molecule has 0 amide bonds. The molecule has 0 fully saturated rings. The molecule has 0 aliphatic heterocycles. The van der Waals surface area contributed by atoms with Crippen LogP contribution < -0.4 is 0 Å². The zero-order chi connectivity index (χ0) is 15.7. The zero-order valence-electron chi connectivity index (χ0n) is 11.5. The van der Waals surface area contributed by atoms with Crippen molar-refractivity contribution in [2.75, 3.05) is 6.61 Å². The standard InChI is InChI=1S/C14H10BrClN4O2/c1-2-22-14(21)12-10-7-11(16)17-18-13(10)20(19-12)9-5-3-4-8(15)6-9/h3-7H,2H2,1H3. The van der Waals surface area contributed by atoms with Crippen molar-refractivity contribution in [3.8, 4) is 5.69 Å². The SMILES string of the molecule is CCOC(=O)c1nn(-c2cccc(Br)c2)c2nnc(Cl)cc12. The third kappa shape index (κ3) is 2.69. The van der Waals surface area contributed by atoms with Crippen molar-refractivity contribution in [3.05, 3.63) is 45.7 Å². The number of nitrogens with zero attached hydrogens (tertiary/aromatic N) is 4. The lowest BCUT2D eigenvalue weighted by Crippen LogP contribution is -2.07. The van der Waals surface area contributed by atoms with Gasteiger partial charge >= 0.3 is 5.97 Å². The van der Waals surface area contributed by atoms with Crippen molar-refractivity contribution >= 4 is 44.5 Å². The van der Waals surface area contributed by atoms with Crippen LogP contribution in [0, 0.1) is 0 Å². The Hall–Kier alpha value is -1.99. The molecular weight excluding hydrogens is 372 g/mol. The minimum atomic E-state index is -0.523. The van der Waals surface area contributed by atoms with Gasteiger partial charge in [0.2, 0.25) is 0 Å². The normalized spacial score (nSPS) is 10.9. The molecule has 0 N–H and O–H groups in total. The molecule has 0 unspecified atom stereocenters. The number of ether oxygens (including phenoxy) is 1. The Kier molecular flexibility index (Phi) is 4.08. The molecule has 6 nitrogen and oxygen atoms in total. The second-order valence-electron chi connectivity index (χ2n) is 4.37. The summed E-state index contributed by atoms with van der Waals surface area (Å²) in [6.45, 7) is 1.99. The van der Waals surface area contributed by atoms with Gasteiger partial charge in [-0.2, -0.15) is 5.10 Å². The van der Waals surface area contributed by atoms with Gasteiger partial charge in [-0.15, -0.1) is 10.2 Å². The van der Waals surface area contributed by atoms with E-state index in [0.717, 1.165) is 10.2 Å². The summed E-state index contributed by atoms with van der Waals surface area (Å²) in [5.74, 6) is -0.523. The topological polar surface area (TPSA) is 69.9 Å². The smallest absolute Gasteiger partial charge is 0.359 e. The molecule has 0 aliphatic carbocycles. The number of halogens is 2. The largest absolute Gasteiger partial charge is 0.461 e. The van der Waals surface area contributed by atoms with Crippen LogP contribution in [0.15, 0.2) is 34.8 Å². The Morgan fingerprint density at radius 3 is 2.91 bits per heavy atom. The van der Waals surface area contributed by atoms with E-state index in [1.165, 1.54) is 4.68 Å². The Morgan fingerprint density at radius 1 is 1.36 bits per heavy atom. The van der Waals surface area contributed by atoms with Gasteiger partial charge in [0.05, 0.1) is 17.7 Å². The van der Waals surface area contributed by atoms with Crippen LogP contribution in [0.2, 0.25) is 5.15 Å². The number of esters is 1. The van der Waals surface area contributed by atoms with E-state index >= 15 is 0 Å². The number of benzene rings is 1. The van der Waals surface area contributed by atoms with Gasteiger partial charge in [0, 0.05) is 4.47 Å². The number of carbonyl (C=O) groups excluding carboxylic acids is 1. The van der Waals surface area contributed by atoms with Gasteiger partial charge in [0.15, 0.2) is 16.5 Å². The van der Waals surface area contributed by atoms with E-state index in [2.05, 4.69) is 31.2 Å². The Morgan fingerprint density at radius 2 is 2.18 bits per heavy atom. The third-order valence-corrected chi connectivity index (χ3v) is 3.60. The van der Waals surface area contributed by atoms with Crippen LogP contribution in [0.25, 0.3) is 16.7 Å². The Labute approximate surface area is 139 Å². The molecule has 3 rings (SSSR count). The van der Waals surface area contributed by atoms with Crippen LogP contribution in [0.1, 0.15) is 17.4 Å². The fraction of sp³-hybridized carbons (Fsp3) is 0.143. The molecule has 112 valence electrons. The highest BCUT2D eigenvalue weighted by molar-refractivity contribution is 9.10. The van der Waals surface area contributed by atoms with E-state index in [1.54, 1.807) is 13.0 Å². The zero-order valence-corrected chi connectivity index (χ0v) is 13.8. The summed E-state index contributed by atoms with van der Waals surface area (Å²) in [4.78, 5) is 12.1. The summed E-state index contributed by atoms with van der Waals surface area (Å²) in [5, 5.41) is 12.9. The third-order valence-electron chi connectivity index (χ3n) is 2.92. The van der Waals surface area contributed by atoms with Gasteiger partial charge in [-0.05, 0) is 31.2 Å². The molecule has 8 heteroatoms. The van der Waals surface area contributed by atoms with Crippen molar-refractivity contribution in [2.45, 2.75) is 6.92 Å². The van der Waals surface area contributed by atoms with Crippen LogP contribution in [0.4, 0.5) is 0 Å². The first-order valence-corrected chi connectivity index (χ1v) is 7.62. The highest BCUT2D eigenvalue weighted by atomic mass is 79.9. The number of hydrogen-bond donors (Lipinski definition) is 0. The van der Waals surface area contributed by atoms with E-state index in [0.29, 0.717) is 11.0 Å². The van der Waals surface area contributed by atoms with Gasteiger partial charge < -0.3 is 4.74 Å². The molecular formula is C14H10BrClN4O2. The molecule has 1 aromatic carbocycles. The van der Waals surface area contributed by atoms with Gasteiger partial charge in [-0.25, -0.2) is 9.48 Å². The minimum absolute atomic E-state index is 0.161. The average molecular weight is 382 g/mol. The van der Waals surface area contributed by atoms with E-state index in [9.17, 15) is 4.79 Å². The van der Waals surface area contributed by atoms with Crippen LogP contribution >= 0.6 is 27.5 Å². The summed E-state index contributed by atoms with van der Waals surface area (Å²) in [6, 6.07) is 9.02. The van der Waals surface area contributed by atoms with Gasteiger partial charge in [-0.1, -0.05) is 33.6 Å². The first-order chi connectivity index (χ1) is 10.6. The lowest BCUT2D eigenvalue weighted by molar-refractivity contribution is 0.0521. The van der Waals surface area contributed by atoms with Crippen molar-refractivity contribution < 1.29 is 9.53 Å². The summed E-state index contributed by atoms with van der Waals surface area (Å²) in [5.41, 5.74) is 1.34. The molecule has 0 radical (unpaired) electrons. The molecule has 22 heavy (non-hydrogen) atoms. The van der Waals surface area contributed by atoms with Gasteiger partial charge in [-0.3, -0.25) is 0 Å². The molecule has 0 atom stereocenters. The Bertz CT molecular complexity index is 865. The number of fused-ring (bicyclic) bond motifs is 1. The highest BCUT2D eigenvalue weighted by Crippen LogP contribution is 2.24. The molecule has 0 aliphatic rings. The Balaban J connectivity index is 2.25. The first-order valence-electron chi connectivity index (χ1n) is 6.45. The summed E-state index contributed by atoms with van der Waals surface area (Å²) in [7, 11) is 0. The predicted octanol–water partition coefficient (Wildman–Crippen LogP) is 3.41. The van der Waals surface area contributed by atoms with E-state index in [-0.39, 0.29) is 17.5 Å². The van der Waals surface area contributed by atoms with Gasteiger partial charge in [0.1, 0.15) is 0 Å². The molecule has 2 aromatic heterocycles. The van der Waals surface area contributed by atoms with Crippen molar-refractivity contribution in [1.82, 2.24) is 20.0 Å². The van der Waals surface area contributed by atoms with E-state index < -0.39 is 5.97 Å². The molecule has 0 spiro atoms. The fourth-order valence-electron chi connectivity index (χ4n) is 2.03. The molecule has 0 saturated carbocycles. The number of carbonyl (C=O) groups is 1. The highest BCUT2D eigenvalue weighted by Gasteiger charge is 2.21. The maximum atomic E-state index is 12.1. The molecule has 3 aromatic rings. The number of hydrogen-bond acceptors (Lipinski definition) is 5. The van der Waals surface area contributed by atoms with Crippen molar-refractivity contribution in [2.24, 2.45) is 0 Å². The van der Waals surface area contributed by atoms with Crippen LogP contribution in [-0.4, -0.2) is 32.6 Å². The van der Waals surface area contributed by atoms with Crippen LogP contribution in [0.5, 0.6) is 0 Å². The second kappa shape index (κ2) is 6.02. The second-order valence-corrected chi connectivity index (χ2v) is 5.67. The molecule has 2 heterocycles. The lowest BCUT2D eigenvalue weighted by Gasteiger charge is -2.02. The summed E-state index contributed by atoms with van der Waals surface area (Å²) in [6.07, 6.45) is 0. The molecule has 0 saturated heterocycles. The monoisotopic (exact) mass is 380 g/mol. The number of rotatable bonds is 3.